The third-order valence-corrected chi connectivity index (χ3v) is 7.01. The molecule has 0 radical (unpaired) electrons. The number of hydrogen-bond acceptors (Lipinski definition) is 4. The molecule has 0 bridgehead atoms. The van der Waals surface area contributed by atoms with Gasteiger partial charge in [0.25, 0.3) is 0 Å². The lowest BCUT2D eigenvalue weighted by molar-refractivity contribution is -0.127. The van der Waals surface area contributed by atoms with Crippen molar-refractivity contribution in [3.63, 3.8) is 0 Å². The predicted molar refractivity (Wildman–Crippen MR) is 91.7 cm³/mol. The summed E-state index contributed by atoms with van der Waals surface area (Å²) in [5, 5.41) is 3.13. The molecule has 0 aromatic heterocycles. The molecule has 0 aromatic carbocycles. The topological polar surface area (TPSA) is 69.7 Å². The second-order valence-electron chi connectivity index (χ2n) is 6.77. The molecule has 134 valence electrons. The van der Waals surface area contributed by atoms with Crippen molar-refractivity contribution in [1.29, 1.82) is 0 Å². The maximum Gasteiger partial charge on any atom is 0.237 e. The Morgan fingerprint density at radius 2 is 1.78 bits per heavy atom. The maximum absolute atomic E-state index is 12.3. The van der Waals surface area contributed by atoms with Crippen LogP contribution < -0.4 is 5.32 Å². The van der Waals surface area contributed by atoms with Crippen molar-refractivity contribution in [1.82, 2.24) is 14.5 Å². The smallest absolute Gasteiger partial charge is 0.237 e. The van der Waals surface area contributed by atoms with Gasteiger partial charge in [-0.2, -0.15) is 4.31 Å². The van der Waals surface area contributed by atoms with Gasteiger partial charge in [0.2, 0.25) is 15.9 Å². The Labute approximate surface area is 140 Å². The highest BCUT2D eigenvalue weighted by Gasteiger charge is 2.31. The number of unbranched alkanes of at least 4 members (excludes halogenated alkanes) is 1. The zero-order valence-electron chi connectivity index (χ0n) is 14.5. The quantitative estimate of drug-likeness (QED) is 0.752. The first-order valence-corrected chi connectivity index (χ1v) is 10.6. The summed E-state index contributed by atoms with van der Waals surface area (Å²) in [4.78, 5) is 14.4. The minimum absolute atomic E-state index is 0.0826. The van der Waals surface area contributed by atoms with Gasteiger partial charge >= 0.3 is 0 Å². The molecule has 2 fully saturated rings. The third kappa shape index (κ3) is 5.16. The zero-order valence-corrected chi connectivity index (χ0v) is 15.3. The summed E-state index contributed by atoms with van der Waals surface area (Å²) < 4.78 is 26.0. The van der Waals surface area contributed by atoms with Crippen molar-refractivity contribution in [2.45, 2.75) is 64.5 Å². The van der Waals surface area contributed by atoms with Crippen molar-refractivity contribution in [2.24, 2.45) is 0 Å². The minimum Gasteiger partial charge on any atom is -0.352 e. The van der Waals surface area contributed by atoms with Crippen LogP contribution in [-0.2, 0) is 14.8 Å². The summed E-state index contributed by atoms with van der Waals surface area (Å²) in [6, 6.07) is 0.150. The monoisotopic (exact) mass is 345 g/mol. The van der Waals surface area contributed by atoms with E-state index >= 15 is 0 Å². The Hall–Kier alpha value is -0.660. The highest BCUT2D eigenvalue weighted by Crippen LogP contribution is 2.18. The van der Waals surface area contributed by atoms with Gasteiger partial charge < -0.3 is 5.32 Å². The standard InChI is InChI=1S/C16H31N3O3S/c1-3-4-13-23(21,22)19-11-9-18(10-12-19)14(2)16(20)17-15-7-5-6-8-15/h14-15H,3-13H2,1-2H3,(H,17,20). The Morgan fingerprint density at radius 3 is 2.35 bits per heavy atom. The first-order valence-electron chi connectivity index (χ1n) is 8.96. The van der Waals surface area contributed by atoms with Gasteiger partial charge in [-0.1, -0.05) is 26.2 Å². The Balaban J connectivity index is 1.79. The van der Waals surface area contributed by atoms with Crippen LogP contribution in [0.5, 0.6) is 0 Å². The van der Waals surface area contributed by atoms with Gasteiger partial charge in [-0.05, 0) is 26.2 Å². The van der Waals surface area contributed by atoms with E-state index in [-0.39, 0.29) is 17.7 Å². The number of carbonyl (C=O) groups excluding carboxylic acids is 1. The van der Waals surface area contributed by atoms with Crippen molar-refractivity contribution in [3.8, 4) is 0 Å². The van der Waals surface area contributed by atoms with Crippen LogP contribution in [0.25, 0.3) is 0 Å². The van der Waals surface area contributed by atoms with Gasteiger partial charge in [0, 0.05) is 32.2 Å². The lowest BCUT2D eigenvalue weighted by atomic mass is 10.2. The maximum atomic E-state index is 12.3. The SMILES string of the molecule is CCCCS(=O)(=O)N1CCN(C(C)C(=O)NC2CCCC2)CC1. The summed E-state index contributed by atoms with van der Waals surface area (Å²) >= 11 is 0. The van der Waals surface area contributed by atoms with Crippen molar-refractivity contribution < 1.29 is 13.2 Å². The molecule has 1 aliphatic heterocycles. The average molecular weight is 346 g/mol. The minimum atomic E-state index is -3.13. The molecule has 1 saturated heterocycles. The molecule has 2 aliphatic rings. The third-order valence-electron chi connectivity index (χ3n) is 5.05. The van der Waals surface area contributed by atoms with Gasteiger partial charge in [-0.15, -0.1) is 0 Å². The molecular formula is C16H31N3O3S. The number of rotatable bonds is 7. The van der Waals surface area contributed by atoms with Crippen LogP contribution in [0.3, 0.4) is 0 Å². The van der Waals surface area contributed by atoms with Crippen LogP contribution in [0.2, 0.25) is 0 Å². The van der Waals surface area contributed by atoms with E-state index in [1.54, 1.807) is 4.31 Å². The summed E-state index contributed by atoms with van der Waals surface area (Å²) in [7, 11) is -3.13. The average Bonchev–Trinajstić information content (AvgIpc) is 3.05. The number of piperazine rings is 1. The van der Waals surface area contributed by atoms with Crippen molar-refractivity contribution in [3.05, 3.63) is 0 Å². The second-order valence-corrected chi connectivity index (χ2v) is 8.86. The molecule has 23 heavy (non-hydrogen) atoms. The normalized spacial score (nSPS) is 23.0. The molecule has 6 nitrogen and oxygen atoms in total. The van der Waals surface area contributed by atoms with Crippen molar-refractivity contribution >= 4 is 15.9 Å². The molecule has 0 aromatic rings. The highest BCUT2D eigenvalue weighted by atomic mass is 32.2. The fourth-order valence-electron chi connectivity index (χ4n) is 3.38. The lowest BCUT2D eigenvalue weighted by Crippen LogP contribution is -2.55. The summed E-state index contributed by atoms with van der Waals surface area (Å²) in [5.41, 5.74) is 0. The number of carbonyl (C=O) groups is 1. The Bertz CT molecular complexity index is 481. The second kappa shape index (κ2) is 8.44. The first-order chi connectivity index (χ1) is 10.9. The highest BCUT2D eigenvalue weighted by molar-refractivity contribution is 7.89. The fraction of sp³-hybridized carbons (Fsp3) is 0.938. The van der Waals surface area contributed by atoms with E-state index in [0.29, 0.717) is 38.6 Å². The summed E-state index contributed by atoms with van der Waals surface area (Å²) in [6.07, 6.45) is 6.17. The molecule has 1 unspecified atom stereocenters. The molecule has 1 saturated carbocycles. The molecule has 1 amide bonds. The van der Waals surface area contributed by atoms with E-state index in [0.717, 1.165) is 19.3 Å². The van der Waals surface area contributed by atoms with Crippen LogP contribution in [0, 0.1) is 0 Å². The molecule has 1 aliphatic carbocycles. The lowest BCUT2D eigenvalue weighted by Gasteiger charge is -2.37. The van der Waals surface area contributed by atoms with Gasteiger partial charge in [-0.25, -0.2) is 8.42 Å². The summed E-state index contributed by atoms with van der Waals surface area (Å²) in [6.45, 7) is 6.17. The van der Waals surface area contributed by atoms with E-state index < -0.39 is 10.0 Å². The Kier molecular flexibility index (Phi) is 6.85. The number of hydrogen-bond donors (Lipinski definition) is 1. The van der Waals surface area contributed by atoms with E-state index in [2.05, 4.69) is 10.2 Å². The number of amides is 1. The van der Waals surface area contributed by atoms with Crippen LogP contribution in [0.4, 0.5) is 0 Å². The largest absolute Gasteiger partial charge is 0.352 e. The number of nitrogens with zero attached hydrogens (tertiary/aromatic N) is 2. The molecule has 1 heterocycles. The van der Waals surface area contributed by atoms with E-state index in [4.69, 9.17) is 0 Å². The first kappa shape index (κ1) is 18.7. The van der Waals surface area contributed by atoms with E-state index in [9.17, 15) is 13.2 Å². The molecule has 2 rings (SSSR count). The van der Waals surface area contributed by atoms with Gasteiger partial charge in [0.15, 0.2) is 0 Å². The van der Waals surface area contributed by atoms with Crippen LogP contribution in [0.15, 0.2) is 0 Å². The summed E-state index contributed by atoms with van der Waals surface area (Å²) in [5.74, 6) is 0.320. The van der Waals surface area contributed by atoms with Gasteiger partial charge in [0.05, 0.1) is 11.8 Å². The predicted octanol–water partition coefficient (Wildman–Crippen LogP) is 1.18. The molecule has 1 N–H and O–H groups in total. The van der Waals surface area contributed by atoms with Gasteiger partial charge in [0.1, 0.15) is 0 Å². The number of nitrogens with one attached hydrogen (secondary N) is 1. The fourth-order valence-corrected chi connectivity index (χ4v) is 5.01. The van der Waals surface area contributed by atoms with Crippen LogP contribution >= 0.6 is 0 Å². The molecule has 0 spiro atoms. The Morgan fingerprint density at radius 1 is 1.17 bits per heavy atom. The van der Waals surface area contributed by atoms with E-state index in [1.165, 1.54) is 12.8 Å². The van der Waals surface area contributed by atoms with Crippen LogP contribution in [0.1, 0.15) is 52.4 Å². The number of sulfonamides is 1. The van der Waals surface area contributed by atoms with E-state index in [1.807, 2.05) is 13.8 Å². The van der Waals surface area contributed by atoms with Crippen LogP contribution in [-0.4, -0.2) is 67.5 Å². The zero-order chi connectivity index (χ0) is 16.9. The molecular weight excluding hydrogens is 314 g/mol. The van der Waals surface area contributed by atoms with Crippen molar-refractivity contribution in [2.75, 3.05) is 31.9 Å². The van der Waals surface area contributed by atoms with Gasteiger partial charge in [-0.3, -0.25) is 9.69 Å². The molecule has 7 heteroatoms. The molecule has 1 atom stereocenters.